The molecule has 2 aliphatic rings. The topological polar surface area (TPSA) is 59.4 Å². The molecule has 1 aliphatic carbocycles. The molecule has 1 aromatic rings. The third kappa shape index (κ3) is 6.71. The van der Waals surface area contributed by atoms with Crippen molar-refractivity contribution in [2.45, 2.75) is 44.6 Å². The highest BCUT2D eigenvalue weighted by Crippen LogP contribution is 2.27. The van der Waals surface area contributed by atoms with Gasteiger partial charge in [0.25, 0.3) is 0 Å². The lowest BCUT2D eigenvalue weighted by Gasteiger charge is -2.37. The molecule has 1 saturated carbocycles. The van der Waals surface area contributed by atoms with Crippen molar-refractivity contribution in [3.63, 3.8) is 0 Å². The first-order chi connectivity index (χ1) is 12.7. The Morgan fingerprint density at radius 3 is 2.37 bits per heavy atom. The second-order valence-electron chi connectivity index (χ2n) is 7.57. The van der Waals surface area contributed by atoms with Crippen LogP contribution in [0.3, 0.4) is 0 Å². The van der Waals surface area contributed by atoms with Gasteiger partial charge in [-0.1, -0.05) is 18.2 Å². The SMILES string of the molecule is Cl.N#CCC(=O)NC1CCC(CCN2CCN(c3ccccc3)CC2)CC1. The third-order valence-corrected chi connectivity index (χ3v) is 5.80. The molecule has 27 heavy (non-hydrogen) atoms. The molecule has 0 radical (unpaired) electrons. The maximum atomic E-state index is 11.5. The summed E-state index contributed by atoms with van der Waals surface area (Å²) in [5.74, 6) is 0.665. The molecule has 0 atom stereocenters. The van der Waals surface area contributed by atoms with Gasteiger partial charge in [-0.2, -0.15) is 5.26 Å². The van der Waals surface area contributed by atoms with Crippen LogP contribution in [0.4, 0.5) is 5.69 Å². The molecule has 1 heterocycles. The summed E-state index contributed by atoms with van der Waals surface area (Å²) in [6.45, 7) is 5.71. The van der Waals surface area contributed by atoms with Gasteiger partial charge in [-0.3, -0.25) is 9.69 Å². The lowest BCUT2D eigenvalue weighted by Crippen LogP contribution is -2.47. The molecule has 2 fully saturated rings. The molecule has 6 heteroatoms. The number of carbonyl (C=O) groups is 1. The van der Waals surface area contributed by atoms with Crippen molar-refractivity contribution < 1.29 is 4.79 Å². The zero-order chi connectivity index (χ0) is 18.2. The van der Waals surface area contributed by atoms with Gasteiger partial charge in [0.1, 0.15) is 6.42 Å². The second-order valence-corrected chi connectivity index (χ2v) is 7.57. The number of nitrogens with one attached hydrogen (secondary N) is 1. The van der Waals surface area contributed by atoms with E-state index in [9.17, 15) is 4.79 Å². The highest BCUT2D eigenvalue weighted by molar-refractivity contribution is 5.85. The van der Waals surface area contributed by atoms with Gasteiger partial charge in [-0.25, -0.2) is 0 Å². The Bertz CT molecular complexity index is 602. The van der Waals surface area contributed by atoms with Crippen LogP contribution >= 0.6 is 12.4 Å². The average molecular weight is 391 g/mol. The Morgan fingerprint density at radius 1 is 1.07 bits per heavy atom. The smallest absolute Gasteiger partial charge is 0.234 e. The molecule has 1 saturated heterocycles. The normalized spacial score (nSPS) is 23.1. The molecule has 0 aromatic heterocycles. The largest absolute Gasteiger partial charge is 0.369 e. The van der Waals surface area contributed by atoms with Crippen LogP contribution in [0.5, 0.6) is 0 Å². The summed E-state index contributed by atoms with van der Waals surface area (Å²) in [6, 6.07) is 12.9. The van der Waals surface area contributed by atoms with E-state index in [1.54, 1.807) is 0 Å². The third-order valence-electron chi connectivity index (χ3n) is 5.80. The van der Waals surface area contributed by atoms with E-state index in [-0.39, 0.29) is 30.8 Å². The molecule has 1 aromatic carbocycles. The molecular weight excluding hydrogens is 360 g/mol. The lowest BCUT2D eigenvalue weighted by molar-refractivity contribution is -0.121. The number of nitrogens with zero attached hydrogens (tertiary/aromatic N) is 3. The zero-order valence-electron chi connectivity index (χ0n) is 16.0. The van der Waals surface area contributed by atoms with Crippen molar-refractivity contribution in [1.82, 2.24) is 10.2 Å². The van der Waals surface area contributed by atoms with Crippen molar-refractivity contribution in [2.75, 3.05) is 37.6 Å². The predicted molar refractivity (Wildman–Crippen MR) is 111 cm³/mol. The first-order valence-electron chi connectivity index (χ1n) is 9.93. The van der Waals surface area contributed by atoms with E-state index in [2.05, 4.69) is 45.4 Å². The molecule has 1 amide bonds. The monoisotopic (exact) mass is 390 g/mol. The van der Waals surface area contributed by atoms with E-state index < -0.39 is 0 Å². The van der Waals surface area contributed by atoms with Crippen molar-refractivity contribution in [3.05, 3.63) is 30.3 Å². The first-order valence-corrected chi connectivity index (χ1v) is 9.93. The predicted octanol–water partition coefficient (Wildman–Crippen LogP) is 3.21. The van der Waals surface area contributed by atoms with Crippen LogP contribution in [0.25, 0.3) is 0 Å². The quantitative estimate of drug-likeness (QED) is 0.810. The number of nitriles is 1. The Hall–Kier alpha value is -1.77. The standard InChI is InChI=1S/C21H30N4O.ClH/c22-12-10-21(26)23-19-8-6-18(7-9-19)11-13-24-14-16-25(17-15-24)20-4-2-1-3-5-20;/h1-5,18-19H,6-11,13-17H2,(H,23,26);1H. The van der Waals surface area contributed by atoms with Gasteiger partial charge in [0, 0.05) is 37.9 Å². The van der Waals surface area contributed by atoms with E-state index in [1.807, 2.05) is 6.07 Å². The van der Waals surface area contributed by atoms with Gasteiger partial charge >= 0.3 is 0 Å². The Morgan fingerprint density at radius 2 is 1.74 bits per heavy atom. The number of halogens is 1. The number of para-hydroxylation sites is 1. The summed E-state index contributed by atoms with van der Waals surface area (Å²) in [5.41, 5.74) is 1.34. The van der Waals surface area contributed by atoms with Crippen LogP contribution in [0.15, 0.2) is 30.3 Å². The van der Waals surface area contributed by atoms with E-state index in [0.717, 1.165) is 44.9 Å². The van der Waals surface area contributed by atoms with E-state index in [1.165, 1.54) is 31.5 Å². The number of benzene rings is 1. The van der Waals surface area contributed by atoms with Gasteiger partial charge in [-0.15, -0.1) is 12.4 Å². The molecule has 0 spiro atoms. The number of piperazine rings is 1. The molecule has 1 aliphatic heterocycles. The molecule has 148 valence electrons. The van der Waals surface area contributed by atoms with Crippen LogP contribution < -0.4 is 10.2 Å². The van der Waals surface area contributed by atoms with Crippen molar-refractivity contribution >= 4 is 24.0 Å². The van der Waals surface area contributed by atoms with E-state index >= 15 is 0 Å². The second kappa shape index (κ2) is 11.2. The van der Waals surface area contributed by atoms with Crippen molar-refractivity contribution in [2.24, 2.45) is 5.92 Å². The van der Waals surface area contributed by atoms with Crippen LogP contribution in [0.1, 0.15) is 38.5 Å². The summed E-state index contributed by atoms with van der Waals surface area (Å²) in [7, 11) is 0. The fraction of sp³-hybridized carbons (Fsp3) is 0.619. The molecule has 1 N–H and O–H groups in total. The Labute approximate surface area is 169 Å². The molecule has 0 bridgehead atoms. The number of anilines is 1. The van der Waals surface area contributed by atoms with Gasteiger partial charge in [0.15, 0.2) is 0 Å². The molecule has 3 rings (SSSR count). The highest BCUT2D eigenvalue weighted by Gasteiger charge is 2.23. The highest BCUT2D eigenvalue weighted by atomic mass is 35.5. The van der Waals surface area contributed by atoms with Gasteiger partial charge in [0.05, 0.1) is 6.07 Å². The number of amides is 1. The van der Waals surface area contributed by atoms with E-state index in [0.29, 0.717) is 0 Å². The number of hydrogen-bond acceptors (Lipinski definition) is 4. The number of rotatable bonds is 6. The summed E-state index contributed by atoms with van der Waals surface area (Å²) < 4.78 is 0. The fourth-order valence-electron chi connectivity index (χ4n) is 4.18. The minimum atomic E-state index is -0.118. The number of carbonyl (C=O) groups excluding carboxylic acids is 1. The summed E-state index contributed by atoms with van der Waals surface area (Å²) in [6.07, 6.45) is 5.76. The number of hydrogen-bond donors (Lipinski definition) is 1. The van der Waals surface area contributed by atoms with E-state index in [4.69, 9.17) is 5.26 Å². The maximum Gasteiger partial charge on any atom is 0.234 e. The summed E-state index contributed by atoms with van der Waals surface area (Å²) >= 11 is 0. The van der Waals surface area contributed by atoms with Crippen LogP contribution in [0.2, 0.25) is 0 Å². The Balaban J connectivity index is 0.00000261. The average Bonchev–Trinajstić information content (AvgIpc) is 2.69. The van der Waals surface area contributed by atoms with Gasteiger partial charge in [0.2, 0.25) is 5.91 Å². The Kier molecular flexibility index (Phi) is 8.90. The molecular formula is C21H31ClN4O. The molecule has 5 nitrogen and oxygen atoms in total. The fourth-order valence-corrected chi connectivity index (χ4v) is 4.18. The minimum absolute atomic E-state index is 0. The van der Waals surface area contributed by atoms with Crippen molar-refractivity contribution in [3.8, 4) is 6.07 Å². The first kappa shape index (κ1) is 21.5. The molecule has 0 unspecified atom stereocenters. The van der Waals surface area contributed by atoms with Gasteiger partial charge in [-0.05, 0) is 56.7 Å². The zero-order valence-corrected chi connectivity index (χ0v) is 16.8. The maximum absolute atomic E-state index is 11.5. The summed E-state index contributed by atoms with van der Waals surface area (Å²) in [5, 5.41) is 11.6. The van der Waals surface area contributed by atoms with Crippen molar-refractivity contribution in [1.29, 1.82) is 5.26 Å². The van der Waals surface area contributed by atoms with Crippen LogP contribution in [-0.4, -0.2) is 49.6 Å². The summed E-state index contributed by atoms with van der Waals surface area (Å²) in [4.78, 5) is 16.6. The minimum Gasteiger partial charge on any atom is -0.369 e. The van der Waals surface area contributed by atoms with Crippen LogP contribution in [-0.2, 0) is 4.79 Å². The van der Waals surface area contributed by atoms with Crippen LogP contribution in [0, 0.1) is 17.2 Å². The van der Waals surface area contributed by atoms with Gasteiger partial charge < -0.3 is 10.2 Å². The lowest BCUT2D eigenvalue weighted by atomic mass is 9.84.